The van der Waals surface area contributed by atoms with Gasteiger partial charge in [-0.2, -0.15) is 5.10 Å². The van der Waals surface area contributed by atoms with Crippen LogP contribution in [0.25, 0.3) is 10.9 Å². The van der Waals surface area contributed by atoms with E-state index in [1.807, 2.05) is 48.2 Å². The summed E-state index contributed by atoms with van der Waals surface area (Å²) in [6.07, 6.45) is 6.83. The van der Waals surface area contributed by atoms with Gasteiger partial charge in [0.05, 0.1) is 11.7 Å². The maximum absolute atomic E-state index is 13.8. The molecular formula is C33H39N7O4. The Morgan fingerprint density at radius 1 is 1.14 bits per heavy atom. The fourth-order valence-electron chi connectivity index (χ4n) is 8.40. The molecule has 44 heavy (non-hydrogen) atoms. The van der Waals surface area contributed by atoms with Crippen LogP contribution < -0.4 is 10.6 Å². The quantitative estimate of drug-likeness (QED) is 0.372. The lowest BCUT2D eigenvalue weighted by Gasteiger charge is -2.57. The molecule has 11 heteroatoms. The van der Waals surface area contributed by atoms with Crippen LogP contribution in [0.2, 0.25) is 0 Å². The molecule has 3 saturated heterocycles. The summed E-state index contributed by atoms with van der Waals surface area (Å²) >= 11 is 0. The number of rotatable bonds is 6. The Morgan fingerprint density at radius 2 is 1.98 bits per heavy atom. The van der Waals surface area contributed by atoms with E-state index in [2.05, 4.69) is 25.7 Å². The van der Waals surface area contributed by atoms with Crippen LogP contribution in [0.4, 0.5) is 15.3 Å². The van der Waals surface area contributed by atoms with Crippen molar-refractivity contribution in [3.05, 3.63) is 59.3 Å². The molecule has 0 bridgehead atoms. The van der Waals surface area contributed by atoms with Crippen LogP contribution in [-0.2, 0) is 22.5 Å². The molecule has 4 aliphatic heterocycles. The number of aryl methyl sites for hydroxylation is 1. The first-order valence-electron chi connectivity index (χ1n) is 16.0. The first-order valence-corrected chi connectivity index (χ1v) is 16.0. The highest BCUT2D eigenvalue weighted by atomic mass is 16.5. The third-order valence-corrected chi connectivity index (χ3v) is 11.0. The lowest BCUT2D eigenvalue weighted by Crippen LogP contribution is -2.63. The van der Waals surface area contributed by atoms with Crippen molar-refractivity contribution < 1.29 is 19.1 Å². The first-order chi connectivity index (χ1) is 21.4. The third-order valence-electron chi connectivity index (χ3n) is 11.0. The molecule has 2 aromatic carbocycles. The lowest BCUT2D eigenvalue weighted by molar-refractivity contribution is -0.155. The van der Waals surface area contributed by atoms with E-state index in [-0.39, 0.29) is 35.7 Å². The topological polar surface area (TPSA) is 123 Å². The number of aromatic amines is 1. The molecule has 11 nitrogen and oxygen atoms in total. The Kier molecular flexibility index (Phi) is 6.55. The molecule has 230 valence electrons. The number of ether oxygens (including phenoxy) is 1. The van der Waals surface area contributed by atoms with Gasteiger partial charge in [0.1, 0.15) is 12.1 Å². The summed E-state index contributed by atoms with van der Waals surface area (Å²) in [6.45, 7) is 5.46. The van der Waals surface area contributed by atoms with Crippen LogP contribution in [0.1, 0.15) is 48.8 Å². The predicted octanol–water partition coefficient (Wildman–Crippen LogP) is 3.78. The minimum atomic E-state index is -0.808. The van der Waals surface area contributed by atoms with Gasteiger partial charge in [0.15, 0.2) is 0 Å². The van der Waals surface area contributed by atoms with Crippen LogP contribution in [0.15, 0.2) is 42.6 Å². The van der Waals surface area contributed by atoms with Gasteiger partial charge in [-0.25, -0.2) is 14.4 Å². The van der Waals surface area contributed by atoms with Gasteiger partial charge in [0, 0.05) is 67.7 Å². The van der Waals surface area contributed by atoms with E-state index >= 15 is 0 Å². The van der Waals surface area contributed by atoms with E-state index in [1.165, 1.54) is 12.8 Å². The number of carbonyl (C=O) groups is 3. The zero-order chi connectivity index (χ0) is 30.0. The number of H-pyrrole nitrogens is 1. The molecule has 0 radical (unpaired) electrons. The zero-order valence-corrected chi connectivity index (χ0v) is 25.1. The minimum absolute atomic E-state index is 0.0420. The maximum Gasteiger partial charge on any atom is 0.329 e. The van der Waals surface area contributed by atoms with Crippen molar-refractivity contribution in [3.8, 4) is 0 Å². The van der Waals surface area contributed by atoms with E-state index in [0.717, 1.165) is 52.8 Å². The van der Waals surface area contributed by atoms with Gasteiger partial charge < -0.3 is 25.2 Å². The second-order valence-corrected chi connectivity index (χ2v) is 13.3. The Hall–Kier alpha value is -4.12. The number of anilines is 1. The monoisotopic (exact) mass is 597 g/mol. The maximum atomic E-state index is 13.8. The Labute approximate surface area is 256 Å². The van der Waals surface area contributed by atoms with Gasteiger partial charge >= 0.3 is 18.0 Å². The van der Waals surface area contributed by atoms with Crippen molar-refractivity contribution in [3.63, 3.8) is 0 Å². The predicted molar refractivity (Wildman–Crippen MR) is 164 cm³/mol. The molecule has 5 aliphatic rings. The second-order valence-electron chi connectivity index (χ2n) is 13.3. The van der Waals surface area contributed by atoms with Crippen molar-refractivity contribution in [2.75, 3.05) is 31.5 Å². The summed E-state index contributed by atoms with van der Waals surface area (Å²) in [5.74, 6) is 0.0374. The molecule has 8 rings (SSSR count). The number of urea groups is 2. The van der Waals surface area contributed by atoms with Crippen LogP contribution in [-0.4, -0.2) is 92.8 Å². The smallest absolute Gasteiger partial charge is 0.329 e. The largest absolute Gasteiger partial charge is 0.459 e. The number of fused-ring (bicyclic) bond motifs is 2. The van der Waals surface area contributed by atoms with Gasteiger partial charge in [0.2, 0.25) is 0 Å². The van der Waals surface area contributed by atoms with Crippen molar-refractivity contribution in [1.29, 1.82) is 0 Å². The van der Waals surface area contributed by atoms with Gasteiger partial charge in [-0.3, -0.25) is 10.00 Å². The van der Waals surface area contributed by atoms with Crippen LogP contribution in [0, 0.1) is 12.8 Å². The molecule has 1 saturated carbocycles. The van der Waals surface area contributed by atoms with Crippen LogP contribution in [0.3, 0.4) is 0 Å². The number of aromatic nitrogens is 2. The molecule has 4 atom stereocenters. The van der Waals surface area contributed by atoms with Crippen LogP contribution >= 0.6 is 0 Å². The Balaban J connectivity index is 0.947. The van der Waals surface area contributed by atoms with Gasteiger partial charge in [-0.05, 0) is 67.9 Å². The van der Waals surface area contributed by atoms with E-state index in [1.54, 1.807) is 11.1 Å². The first kappa shape index (κ1) is 27.4. The number of likely N-dealkylation sites (tertiary alicyclic amines) is 1. The summed E-state index contributed by atoms with van der Waals surface area (Å²) in [5, 5.41) is 14.2. The zero-order valence-electron chi connectivity index (χ0n) is 25.1. The highest BCUT2D eigenvalue weighted by Gasteiger charge is 2.64. The molecule has 4 amide bonds. The molecule has 1 aliphatic carbocycles. The van der Waals surface area contributed by atoms with E-state index in [4.69, 9.17) is 4.74 Å². The Morgan fingerprint density at radius 3 is 2.73 bits per heavy atom. The molecule has 3 aromatic rings. The number of para-hydroxylation sites is 1. The number of nitrogens with one attached hydrogen (secondary N) is 3. The molecule has 1 spiro atoms. The molecular weight excluding hydrogens is 558 g/mol. The van der Waals surface area contributed by atoms with Crippen molar-refractivity contribution >= 4 is 34.6 Å². The number of carbonyl (C=O) groups excluding carboxylic acids is 3. The fourth-order valence-corrected chi connectivity index (χ4v) is 8.40. The van der Waals surface area contributed by atoms with Crippen molar-refractivity contribution in [1.82, 2.24) is 30.2 Å². The average Bonchev–Trinajstić information content (AvgIpc) is 3.52. The van der Waals surface area contributed by atoms with E-state index in [9.17, 15) is 14.4 Å². The highest BCUT2D eigenvalue weighted by Crippen LogP contribution is 2.58. The van der Waals surface area contributed by atoms with Crippen molar-refractivity contribution in [2.45, 2.75) is 75.7 Å². The normalized spacial score (nSPS) is 27.0. The third kappa shape index (κ3) is 4.51. The summed E-state index contributed by atoms with van der Waals surface area (Å²) in [6, 6.07) is 10.8. The number of amides is 4. The molecule has 1 aromatic heterocycles. The second kappa shape index (κ2) is 10.5. The average molecular weight is 598 g/mol. The number of esters is 1. The fraction of sp³-hybridized carbons (Fsp3) is 0.515. The van der Waals surface area contributed by atoms with Gasteiger partial charge in [-0.15, -0.1) is 0 Å². The molecule has 4 fully saturated rings. The van der Waals surface area contributed by atoms with Gasteiger partial charge in [0.25, 0.3) is 0 Å². The standard InChI is InChI=1S/C33H39N7O4/c1-20-14-21(15-23-17-34-37-29(20)23)16-27(30(41)44-28-19-39-13-10-33(39)9-6-25(28)33)36-31(42)38-11-7-24(8-12-38)40-18-22-4-2-3-5-26(22)35-32(40)43/h2-5,14-15,17,24-25,27-28H,6-13,16,18-19H2,1H3,(H,34,37)(H,35,43)(H,36,42). The SMILES string of the molecule is Cc1cc(CC(NC(=O)N2CCC(N3Cc4ccccc4NC3=O)CC2)C(=O)OC2CN3CCC34CCC24)cc2cn[nH]c12. The number of nitrogens with zero attached hydrogens (tertiary/aromatic N) is 4. The highest BCUT2D eigenvalue weighted by molar-refractivity contribution is 5.92. The minimum Gasteiger partial charge on any atom is -0.459 e. The number of benzene rings is 2. The van der Waals surface area contributed by atoms with Crippen molar-refractivity contribution in [2.24, 2.45) is 5.92 Å². The molecule has 3 N–H and O–H groups in total. The number of piperidine rings is 1. The van der Waals surface area contributed by atoms with Crippen LogP contribution in [0.5, 0.6) is 0 Å². The summed E-state index contributed by atoms with van der Waals surface area (Å²) in [7, 11) is 0. The lowest BCUT2D eigenvalue weighted by atomic mass is 9.61. The van der Waals surface area contributed by atoms with Gasteiger partial charge in [-0.1, -0.05) is 24.3 Å². The summed E-state index contributed by atoms with van der Waals surface area (Å²) in [4.78, 5) is 46.4. The number of hydrogen-bond donors (Lipinski definition) is 3. The molecule has 4 unspecified atom stereocenters. The van der Waals surface area contributed by atoms with E-state index in [0.29, 0.717) is 44.8 Å². The summed E-state index contributed by atoms with van der Waals surface area (Å²) in [5.41, 5.74) is 5.17. The van der Waals surface area contributed by atoms with E-state index < -0.39 is 6.04 Å². The summed E-state index contributed by atoms with van der Waals surface area (Å²) < 4.78 is 6.20. The Bertz CT molecular complexity index is 1630. The number of hydrogen-bond acceptors (Lipinski definition) is 6. The molecule has 5 heterocycles.